The molecule has 0 saturated heterocycles. The number of carboxylic acids is 1. The number of aromatic amines is 1. The van der Waals surface area contributed by atoms with Gasteiger partial charge in [-0.3, -0.25) is 5.10 Å². The Balaban J connectivity index is 2.13. The fraction of sp³-hybridized carbons (Fsp3) is 0.667. The van der Waals surface area contributed by atoms with Crippen LogP contribution in [0, 0.1) is 12.3 Å². The van der Waals surface area contributed by atoms with Crippen LogP contribution in [0.2, 0.25) is 0 Å². The molecular formula is C12H19N3O5S. The summed E-state index contributed by atoms with van der Waals surface area (Å²) in [4.78, 5) is 10.8. The number of nitrogens with one attached hydrogen (secondary N) is 2. The molecule has 8 nitrogen and oxygen atoms in total. The lowest BCUT2D eigenvalue weighted by Gasteiger charge is -2.15. The summed E-state index contributed by atoms with van der Waals surface area (Å²) in [5.41, 5.74) is -0.340. The van der Waals surface area contributed by atoms with Gasteiger partial charge in [0.15, 0.2) is 5.69 Å². The van der Waals surface area contributed by atoms with Crippen molar-refractivity contribution in [2.45, 2.75) is 31.1 Å². The zero-order valence-corrected chi connectivity index (χ0v) is 12.8. The van der Waals surface area contributed by atoms with Crippen LogP contribution in [0.25, 0.3) is 0 Å². The van der Waals surface area contributed by atoms with E-state index < -0.39 is 21.7 Å². The van der Waals surface area contributed by atoms with Crippen molar-refractivity contribution in [3.63, 3.8) is 0 Å². The number of sulfonamides is 1. The van der Waals surface area contributed by atoms with Crippen molar-refractivity contribution in [1.29, 1.82) is 0 Å². The first-order valence-corrected chi connectivity index (χ1v) is 8.06. The molecule has 0 aliphatic heterocycles. The molecule has 1 saturated carbocycles. The van der Waals surface area contributed by atoms with Crippen LogP contribution in [0.1, 0.15) is 35.4 Å². The molecule has 1 fully saturated rings. The van der Waals surface area contributed by atoms with Gasteiger partial charge in [-0.2, -0.15) is 5.10 Å². The number of ether oxygens (including phenoxy) is 1. The minimum atomic E-state index is -3.91. The Hall–Kier alpha value is -1.45. The molecule has 0 amide bonds. The Labute approximate surface area is 122 Å². The average molecular weight is 317 g/mol. The fourth-order valence-corrected chi connectivity index (χ4v) is 3.70. The van der Waals surface area contributed by atoms with E-state index in [-0.39, 0.29) is 22.5 Å². The van der Waals surface area contributed by atoms with Crippen LogP contribution in [0.4, 0.5) is 0 Å². The largest absolute Gasteiger partial charge is 0.476 e. The standard InChI is InChI=1S/C12H19N3O5S/c1-8-10(9(11(16)17)15-14-8)21(18,19)13-7-12(3-4-12)5-6-20-2/h13H,3-7H2,1-2H3,(H,14,15)(H,16,17). The number of hydrogen-bond donors (Lipinski definition) is 3. The van der Waals surface area contributed by atoms with Crippen LogP contribution >= 0.6 is 0 Å². The van der Waals surface area contributed by atoms with Gasteiger partial charge in [0.25, 0.3) is 0 Å². The number of H-pyrrole nitrogens is 1. The molecule has 118 valence electrons. The monoisotopic (exact) mass is 317 g/mol. The summed E-state index contributed by atoms with van der Waals surface area (Å²) in [5.74, 6) is -1.37. The third-order valence-corrected chi connectivity index (χ3v) is 5.35. The highest BCUT2D eigenvalue weighted by atomic mass is 32.2. The summed E-state index contributed by atoms with van der Waals surface area (Å²) >= 11 is 0. The number of carbonyl (C=O) groups is 1. The Morgan fingerprint density at radius 3 is 2.71 bits per heavy atom. The minimum absolute atomic E-state index is 0.0654. The van der Waals surface area contributed by atoms with Crippen molar-refractivity contribution >= 4 is 16.0 Å². The molecule has 0 bridgehead atoms. The second-order valence-electron chi connectivity index (χ2n) is 5.40. The second-order valence-corrected chi connectivity index (χ2v) is 7.10. The Bertz CT molecular complexity index is 633. The van der Waals surface area contributed by atoms with Gasteiger partial charge in [-0.1, -0.05) is 0 Å². The van der Waals surface area contributed by atoms with E-state index in [9.17, 15) is 13.2 Å². The van der Waals surface area contributed by atoms with Crippen LogP contribution in [0.5, 0.6) is 0 Å². The van der Waals surface area contributed by atoms with Crippen molar-refractivity contribution in [3.05, 3.63) is 11.4 Å². The van der Waals surface area contributed by atoms with Crippen molar-refractivity contribution < 1.29 is 23.1 Å². The molecule has 3 N–H and O–H groups in total. The highest BCUT2D eigenvalue weighted by Crippen LogP contribution is 2.48. The highest BCUT2D eigenvalue weighted by molar-refractivity contribution is 7.89. The molecule has 1 aromatic heterocycles. The van der Waals surface area contributed by atoms with Crippen LogP contribution in [0.3, 0.4) is 0 Å². The second kappa shape index (κ2) is 5.74. The normalized spacial score (nSPS) is 16.9. The number of methoxy groups -OCH3 is 1. The summed E-state index contributed by atoms with van der Waals surface area (Å²) in [6, 6.07) is 0. The van der Waals surface area contributed by atoms with Crippen molar-refractivity contribution in [1.82, 2.24) is 14.9 Å². The first kappa shape index (κ1) is 15.9. The van der Waals surface area contributed by atoms with E-state index in [1.165, 1.54) is 6.92 Å². The maximum Gasteiger partial charge on any atom is 0.357 e. The molecule has 21 heavy (non-hydrogen) atoms. The van der Waals surface area contributed by atoms with Crippen molar-refractivity contribution in [3.8, 4) is 0 Å². The van der Waals surface area contributed by atoms with E-state index in [0.29, 0.717) is 6.61 Å². The maximum absolute atomic E-state index is 12.3. The number of carboxylic acid groups (broad SMARTS) is 1. The van der Waals surface area contributed by atoms with Gasteiger partial charge in [0, 0.05) is 20.3 Å². The summed E-state index contributed by atoms with van der Waals surface area (Å²) in [7, 11) is -2.30. The van der Waals surface area contributed by atoms with E-state index in [1.807, 2.05) is 0 Å². The average Bonchev–Trinajstić information content (AvgIpc) is 3.08. The highest BCUT2D eigenvalue weighted by Gasteiger charge is 2.43. The molecule has 1 heterocycles. The van der Waals surface area contributed by atoms with E-state index in [1.54, 1.807) is 7.11 Å². The van der Waals surface area contributed by atoms with E-state index in [4.69, 9.17) is 9.84 Å². The lowest BCUT2D eigenvalue weighted by molar-refractivity contribution is 0.0686. The van der Waals surface area contributed by atoms with Gasteiger partial charge in [-0.05, 0) is 31.6 Å². The van der Waals surface area contributed by atoms with Crippen LogP contribution in [-0.2, 0) is 14.8 Å². The zero-order valence-electron chi connectivity index (χ0n) is 12.0. The molecule has 0 aromatic carbocycles. The summed E-state index contributed by atoms with van der Waals surface area (Å²) < 4.78 is 32.2. The number of hydrogen-bond acceptors (Lipinski definition) is 5. The van der Waals surface area contributed by atoms with Crippen molar-refractivity contribution in [2.75, 3.05) is 20.3 Å². The van der Waals surface area contributed by atoms with Crippen LogP contribution in [-0.4, -0.2) is 50.0 Å². The molecule has 0 atom stereocenters. The minimum Gasteiger partial charge on any atom is -0.476 e. The number of rotatable bonds is 8. The lowest BCUT2D eigenvalue weighted by Crippen LogP contribution is -2.32. The predicted molar refractivity (Wildman–Crippen MR) is 73.6 cm³/mol. The zero-order chi connectivity index (χ0) is 15.7. The first-order valence-electron chi connectivity index (χ1n) is 6.58. The number of aromatic nitrogens is 2. The third kappa shape index (κ3) is 3.42. The number of aryl methyl sites for hydroxylation is 1. The van der Waals surface area contributed by atoms with Gasteiger partial charge in [0.2, 0.25) is 10.0 Å². The van der Waals surface area contributed by atoms with Gasteiger partial charge in [-0.25, -0.2) is 17.9 Å². The number of nitrogens with zero attached hydrogens (tertiary/aromatic N) is 1. The summed E-state index contributed by atoms with van der Waals surface area (Å²) in [6.45, 7) is 2.33. The first-order chi connectivity index (χ1) is 9.81. The fourth-order valence-electron chi connectivity index (χ4n) is 2.22. The molecule has 1 aromatic rings. The van der Waals surface area contributed by atoms with Gasteiger partial charge in [0.1, 0.15) is 4.90 Å². The lowest BCUT2D eigenvalue weighted by atomic mass is 10.0. The van der Waals surface area contributed by atoms with Gasteiger partial charge in [0.05, 0.1) is 5.69 Å². The van der Waals surface area contributed by atoms with Gasteiger partial charge >= 0.3 is 5.97 Å². The van der Waals surface area contributed by atoms with E-state index in [2.05, 4.69) is 14.9 Å². The molecule has 1 aliphatic rings. The Kier molecular flexibility index (Phi) is 4.35. The van der Waals surface area contributed by atoms with Crippen molar-refractivity contribution in [2.24, 2.45) is 5.41 Å². The Morgan fingerprint density at radius 2 is 2.19 bits per heavy atom. The molecule has 0 radical (unpaired) electrons. The third-order valence-electron chi connectivity index (χ3n) is 3.79. The van der Waals surface area contributed by atoms with E-state index in [0.717, 1.165) is 19.3 Å². The molecular weight excluding hydrogens is 298 g/mol. The smallest absolute Gasteiger partial charge is 0.357 e. The maximum atomic E-state index is 12.3. The molecule has 2 rings (SSSR count). The molecule has 0 unspecified atom stereocenters. The molecule has 9 heteroatoms. The Morgan fingerprint density at radius 1 is 1.52 bits per heavy atom. The van der Waals surface area contributed by atoms with E-state index >= 15 is 0 Å². The van der Waals surface area contributed by atoms with Gasteiger partial charge in [-0.15, -0.1) is 0 Å². The van der Waals surface area contributed by atoms with Crippen LogP contribution < -0.4 is 4.72 Å². The SMILES string of the molecule is COCCC1(CNS(=O)(=O)c2c(C(=O)O)n[nH]c2C)CC1. The van der Waals surface area contributed by atoms with Gasteiger partial charge < -0.3 is 9.84 Å². The molecule has 1 aliphatic carbocycles. The quantitative estimate of drug-likeness (QED) is 0.642. The summed E-state index contributed by atoms with van der Waals surface area (Å²) in [5, 5.41) is 14.9. The topological polar surface area (TPSA) is 121 Å². The number of aromatic carboxylic acids is 1. The van der Waals surface area contributed by atoms with Crippen LogP contribution in [0.15, 0.2) is 4.90 Å². The predicted octanol–water partition coefficient (Wildman–Crippen LogP) is 0.511. The summed E-state index contributed by atoms with van der Waals surface area (Å²) in [6.07, 6.45) is 2.66. The molecule has 0 spiro atoms.